The van der Waals surface area contributed by atoms with Gasteiger partial charge in [0.15, 0.2) is 12.2 Å². The Balaban J connectivity index is 5.27. The lowest BCUT2D eigenvalue weighted by Gasteiger charge is -2.21. The van der Waals surface area contributed by atoms with Gasteiger partial charge in [-0.25, -0.2) is 9.13 Å². The first kappa shape index (κ1) is 97.1. The first-order valence-corrected chi connectivity index (χ1v) is 44.7. The van der Waals surface area contributed by atoms with Crippen molar-refractivity contribution in [2.45, 2.75) is 445 Å². The number of phosphoric acid groups is 2. The third-order valence-electron chi connectivity index (χ3n) is 19.1. The molecule has 0 aliphatic heterocycles. The summed E-state index contributed by atoms with van der Waals surface area (Å²) in [6.45, 7) is 7.34. The Morgan fingerprint density at radius 2 is 0.485 bits per heavy atom. The highest BCUT2D eigenvalue weighted by atomic mass is 31.2. The number of unbranched alkanes of at least 4 members (excludes halogenated alkanes) is 51. The number of esters is 4. The number of carbonyl (C=O) groups excluding carboxylic acids is 4. The Kier molecular flexibility index (Phi) is 71.6. The smallest absolute Gasteiger partial charge is 0.462 e. The zero-order valence-electron chi connectivity index (χ0n) is 64.6. The number of aliphatic hydroxyl groups excluding tert-OH is 1. The summed E-state index contributed by atoms with van der Waals surface area (Å²) in [7, 11) is -9.92. The normalized spacial score (nSPS) is 14.1. The third-order valence-corrected chi connectivity index (χ3v) is 21.0. The molecule has 0 saturated heterocycles. The molecule has 588 valence electrons. The van der Waals surface area contributed by atoms with Gasteiger partial charge in [0.1, 0.15) is 19.3 Å². The predicted octanol–water partition coefficient (Wildman–Crippen LogP) is 24.0. The van der Waals surface area contributed by atoms with Crippen molar-refractivity contribution in [2.75, 3.05) is 39.6 Å². The highest BCUT2D eigenvalue weighted by Gasteiger charge is 2.30. The number of hydrogen-bond donors (Lipinski definition) is 3. The van der Waals surface area contributed by atoms with Gasteiger partial charge in [-0.05, 0) is 31.6 Å². The van der Waals surface area contributed by atoms with E-state index in [1.165, 1.54) is 250 Å². The molecule has 6 atom stereocenters. The Hall–Kier alpha value is -1.94. The molecule has 3 unspecified atom stereocenters. The molecule has 0 rings (SSSR count). The molecular formula is C80H156O17P2. The molecule has 0 saturated carbocycles. The minimum Gasteiger partial charge on any atom is -0.462 e. The minimum absolute atomic E-state index is 0.108. The molecule has 0 aromatic carbocycles. The first-order chi connectivity index (χ1) is 48.1. The number of phosphoric ester groups is 2. The quantitative estimate of drug-likeness (QED) is 0.0222. The zero-order chi connectivity index (χ0) is 72.7. The maximum absolute atomic E-state index is 13.1. The van der Waals surface area contributed by atoms with Crippen LogP contribution in [-0.4, -0.2) is 96.7 Å². The Morgan fingerprint density at radius 3 is 0.717 bits per heavy atom. The second kappa shape index (κ2) is 73.0. The molecular weight excluding hydrogens is 1290 g/mol. The van der Waals surface area contributed by atoms with E-state index in [2.05, 4.69) is 34.6 Å². The van der Waals surface area contributed by atoms with E-state index in [0.717, 1.165) is 95.8 Å². The number of hydrogen-bond acceptors (Lipinski definition) is 15. The molecule has 0 radical (unpaired) electrons. The molecule has 0 aromatic heterocycles. The molecule has 0 aliphatic rings. The summed E-state index contributed by atoms with van der Waals surface area (Å²) in [5, 5.41) is 10.6. The fraction of sp³-hybridized carbons (Fsp3) is 0.950. The van der Waals surface area contributed by atoms with Crippen molar-refractivity contribution in [2.24, 2.45) is 5.92 Å². The lowest BCUT2D eigenvalue weighted by atomic mass is 9.99. The monoisotopic (exact) mass is 1450 g/mol. The van der Waals surface area contributed by atoms with Crippen LogP contribution < -0.4 is 0 Å². The van der Waals surface area contributed by atoms with Crippen molar-refractivity contribution in [1.29, 1.82) is 0 Å². The molecule has 3 N–H and O–H groups in total. The Bertz CT molecular complexity index is 1890. The summed E-state index contributed by atoms with van der Waals surface area (Å²) in [4.78, 5) is 73.0. The maximum atomic E-state index is 13.1. The van der Waals surface area contributed by atoms with Gasteiger partial charge in [0.25, 0.3) is 0 Å². The van der Waals surface area contributed by atoms with Crippen LogP contribution in [0.5, 0.6) is 0 Å². The molecule has 17 nitrogen and oxygen atoms in total. The lowest BCUT2D eigenvalue weighted by Crippen LogP contribution is -2.30. The van der Waals surface area contributed by atoms with Crippen LogP contribution in [0.2, 0.25) is 0 Å². The van der Waals surface area contributed by atoms with E-state index in [0.29, 0.717) is 25.7 Å². The molecule has 0 aliphatic carbocycles. The summed E-state index contributed by atoms with van der Waals surface area (Å²) in [5.74, 6) is -1.33. The molecule has 0 aromatic rings. The molecule has 0 fully saturated rings. The first-order valence-electron chi connectivity index (χ1n) is 41.7. The highest BCUT2D eigenvalue weighted by molar-refractivity contribution is 7.47. The summed E-state index contributed by atoms with van der Waals surface area (Å²) in [5.41, 5.74) is 0. The van der Waals surface area contributed by atoms with Gasteiger partial charge < -0.3 is 33.8 Å². The van der Waals surface area contributed by atoms with E-state index in [1.807, 2.05) is 0 Å². The standard InChI is InChI=1S/C80H156O17P2/c1-6-10-13-16-19-22-25-28-31-32-35-38-41-44-51-56-61-66-79(84)96-75(69-90-77(82)63-58-53-48-42-39-36-33-29-26-23-20-17-14-11-7-2)71-94-98(86,87)92-67-74(81)68-93-99(88,89)95-72-76(70-91-78(83)64-59-54-49-46-45-47-52-57-62-73(5)9-4)97-80(85)65-60-55-50-43-40-37-34-30-27-24-21-18-15-12-8-3/h73-76,81H,6-72H2,1-5H3,(H,86,87)(H,88,89)/t73?,74-,75-,76-/m1/s1. The van der Waals surface area contributed by atoms with E-state index in [-0.39, 0.29) is 25.7 Å². The summed E-state index contributed by atoms with van der Waals surface area (Å²) in [6.07, 6.45) is 63.6. The zero-order valence-corrected chi connectivity index (χ0v) is 66.4. The van der Waals surface area contributed by atoms with Crippen molar-refractivity contribution in [3.05, 3.63) is 0 Å². The molecule has 0 heterocycles. The number of ether oxygens (including phenoxy) is 4. The summed E-state index contributed by atoms with van der Waals surface area (Å²) >= 11 is 0. The minimum atomic E-state index is -4.96. The van der Waals surface area contributed by atoms with Gasteiger partial charge in [0, 0.05) is 25.7 Å². The van der Waals surface area contributed by atoms with E-state index >= 15 is 0 Å². The van der Waals surface area contributed by atoms with Crippen LogP contribution in [0.3, 0.4) is 0 Å². The Morgan fingerprint density at radius 1 is 0.283 bits per heavy atom. The van der Waals surface area contributed by atoms with Crippen LogP contribution >= 0.6 is 15.6 Å². The van der Waals surface area contributed by atoms with Gasteiger partial charge in [-0.2, -0.15) is 0 Å². The van der Waals surface area contributed by atoms with Crippen LogP contribution in [0.25, 0.3) is 0 Å². The van der Waals surface area contributed by atoms with Gasteiger partial charge in [0.05, 0.1) is 26.4 Å². The van der Waals surface area contributed by atoms with Crippen LogP contribution in [0.4, 0.5) is 0 Å². The van der Waals surface area contributed by atoms with Crippen molar-refractivity contribution < 1.29 is 80.2 Å². The number of aliphatic hydroxyl groups is 1. The summed E-state index contributed by atoms with van der Waals surface area (Å²) in [6, 6.07) is 0. The average Bonchev–Trinajstić information content (AvgIpc) is 1.17. The Labute approximate surface area is 607 Å². The largest absolute Gasteiger partial charge is 0.472 e. The fourth-order valence-electron chi connectivity index (χ4n) is 12.4. The van der Waals surface area contributed by atoms with Crippen molar-refractivity contribution in [3.8, 4) is 0 Å². The van der Waals surface area contributed by atoms with Crippen LogP contribution in [0.1, 0.15) is 426 Å². The highest BCUT2D eigenvalue weighted by Crippen LogP contribution is 2.45. The van der Waals surface area contributed by atoms with Gasteiger partial charge in [-0.15, -0.1) is 0 Å². The van der Waals surface area contributed by atoms with E-state index < -0.39 is 97.5 Å². The molecule has 0 amide bonds. The molecule has 19 heteroatoms. The number of rotatable bonds is 80. The van der Waals surface area contributed by atoms with Gasteiger partial charge >= 0.3 is 39.5 Å². The second-order valence-corrected chi connectivity index (χ2v) is 32.0. The average molecular weight is 1450 g/mol. The lowest BCUT2D eigenvalue weighted by molar-refractivity contribution is -0.161. The third kappa shape index (κ3) is 72.8. The number of carbonyl (C=O) groups is 4. The van der Waals surface area contributed by atoms with Gasteiger partial charge in [-0.1, -0.05) is 375 Å². The van der Waals surface area contributed by atoms with Crippen molar-refractivity contribution in [3.63, 3.8) is 0 Å². The fourth-order valence-corrected chi connectivity index (χ4v) is 14.0. The van der Waals surface area contributed by atoms with E-state index in [9.17, 15) is 43.2 Å². The molecule has 0 bridgehead atoms. The topological polar surface area (TPSA) is 237 Å². The van der Waals surface area contributed by atoms with E-state index in [1.54, 1.807) is 0 Å². The van der Waals surface area contributed by atoms with Crippen molar-refractivity contribution in [1.82, 2.24) is 0 Å². The van der Waals surface area contributed by atoms with Crippen LogP contribution in [-0.2, 0) is 65.4 Å². The maximum Gasteiger partial charge on any atom is 0.472 e. The summed E-state index contributed by atoms with van der Waals surface area (Å²) < 4.78 is 68.7. The van der Waals surface area contributed by atoms with Crippen LogP contribution in [0, 0.1) is 5.92 Å². The van der Waals surface area contributed by atoms with Gasteiger partial charge in [-0.3, -0.25) is 37.3 Å². The van der Waals surface area contributed by atoms with Crippen LogP contribution in [0.15, 0.2) is 0 Å². The van der Waals surface area contributed by atoms with Gasteiger partial charge in [0.2, 0.25) is 0 Å². The van der Waals surface area contributed by atoms with Crippen molar-refractivity contribution >= 4 is 39.5 Å². The second-order valence-electron chi connectivity index (χ2n) is 29.1. The SMILES string of the molecule is CCCCCCCCCCCCCCCCCCCC(=O)O[C@H](COC(=O)CCCCCCCCCCCCCCCCC)COP(=O)(O)OC[C@@H](O)COP(=O)(O)OC[C@@H](COC(=O)CCCCCCCCCCC(C)CC)OC(=O)CCCCCCCCCCCCCCCCC. The molecule has 99 heavy (non-hydrogen) atoms. The van der Waals surface area contributed by atoms with E-state index in [4.69, 9.17) is 37.0 Å². The predicted molar refractivity (Wildman–Crippen MR) is 405 cm³/mol. The molecule has 0 spiro atoms.